The summed E-state index contributed by atoms with van der Waals surface area (Å²) in [6.45, 7) is 11.7. The average molecular weight is 553 g/mol. The van der Waals surface area contributed by atoms with Crippen LogP contribution >= 0.6 is 0 Å². The zero-order chi connectivity index (χ0) is 28.0. The number of nitrogens with zero attached hydrogens (tertiary/aromatic N) is 4. The van der Waals surface area contributed by atoms with E-state index in [0.29, 0.717) is 13.1 Å². The number of hydrogen-bond acceptors (Lipinski definition) is 9. The summed E-state index contributed by atoms with van der Waals surface area (Å²) in [5.41, 5.74) is 4.00. The number of fused-ring (bicyclic) bond motifs is 6. The van der Waals surface area contributed by atoms with E-state index in [4.69, 9.17) is 0 Å². The maximum absolute atomic E-state index is 13.8. The Morgan fingerprint density at radius 2 is 1.77 bits per heavy atom. The van der Waals surface area contributed by atoms with Crippen molar-refractivity contribution >= 4 is 17.3 Å². The number of piperidine rings is 1. The Labute approximate surface area is 239 Å². The molecule has 1 amide bonds. The van der Waals surface area contributed by atoms with Crippen LogP contribution in [0.15, 0.2) is 35.4 Å². The zero-order valence-corrected chi connectivity index (χ0v) is 24.6. The predicted molar refractivity (Wildman–Crippen MR) is 158 cm³/mol. The van der Waals surface area contributed by atoms with E-state index in [9.17, 15) is 9.90 Å². The maximum atomic E-state index is 13.8. The van der Waals surface area contributed by atoms with Gasteiger partial charge in [0.2, 0.25) is 5.91 Å². The van der Waals surface area contributed by atoms with Crippen molar-refractivity contribution in [2.75, 3.05) is 56.5 Å². The summed E-state index contributed by atoms with van der Waals surface area (Å²) in [5.74, 6) is -0.00143. The van der Waals surface area contributed by atoms with E-state index in [2.05, 4.69) is 81.2 Å². The van der Waals surface area contributed by atoms with Crippen molar-refractivity contribution in [1.82, 2.24) is 30.9 Å². The fraction of sp³-hybridized carbons (Fsp3) is 0.700. The minimum Gasteiger partial charge on any atom is -0.389 e. The highest BCUT2D eigenvalue weighted by atomic mass is 16.3. The van der Waals surface area contributed by atoms with Crippen molar-refractivity contribution in [3.63, 3.8) is 0 Å². The van der Waals surface area contributed by atoms with Crippen LogP contribution in [0.5, 0.6) is 0 Å². The third-order valence-electron chi connectivity index (χ3n) is 10.00. The third-order valence-corrected chi connectivity index (χ3v) is 10.00. The molecule has 0 aliphatic carbocycles. The number of hydrogen-bond donors (Lipinski definition) is 5. The summed E-state index contributed by atoms with van der Waals surface area (Å²) < 4.78 is 0. The summed E-state index contributed by atoms with van der Waals surface area (Å²) in [6.07, 6.45) is 4.18. The molecule has 0 radical (unpaired) electrons. The molecule has 1 aromatic carbocycles. The molecular weight excluding hydrogens is 504 g/mol. The Kier molecular flexibility index (Phi) is 7.84. The van der Waals surface area contributed by atoms with Crippen molar-refractivity contribution in [3.05, 3.63) is 35.4 Å². The van der Waals surface area contributed by atoms with Crippen LogP contribution in [-0.2, 0) is 4.79 Å². The molecule has 4 fully saturated rings. The molecule has 10 nitrogen and oxygen atoms in total. The van der Waals surface area contributed by atoms with E-state index in [0.717, 1.165) is 64.0 Å². The summed E-state index contributed by atoms with van der Waals surface area (Å²) in [4.78, 5) is 18.6. The van der Waals surface area contributed by atoms with Crippen molar-refractivity contribution in [3.8, 4) is 0 Å². The SMILES string of the molecule is C/C1=C(\C)CN2C(=O)C3CNC(Nc4ccc(N5CCN(C)CC5)cc4)NC3N2C2CCCC(N2)C(C)(O)CC1. The van der Waals surface area contributed by atoms with E-state index in [1.165, 1.54) is 16.8 Å². The number of carbonyl (C=O) groups excluding carboxylic acids is 1. The van der Waals surface area contributed by atoms with Gasteiger partial charge in [0.15, 0.2) is 0 Å². The first-order valence-corrected chi connectivity index (χ1v) is 15.2. The van der Waals surface area contributed by atoms with E-state index in [1.54, 1.807) is 0 Å². The molecule has 220 valence electrons. The Bertz CT molecular complexity index is 1100. The highest BCUT2D eigenvalue weighted by Crippen LogP contribution is 2.35. The summed E-state index contributed by atoms with van der Waals surface area (Å²) in [5, 5.41) is 30.3. The number of aliphatic hydroxyl groups is 1. The number of hydrazine groups is 1. The van der Waals surface area contributed by atoms with Crippen molar-refractivity contribution < 1.29 is 9.90 Å². The second kappa shape index (κ2) is 11.2. The van der Waals surface area contributed by atoms with E-state index >= 15 is 0 Å². The van der Waals surface area contributed by atoms with Gasteiger partial charge in [0.1, 0.15) is 6.29 Å². The molecule has 40 heavy (non-hydrogen) atoms. The van der Waals surface area contributed by atoms with Crippen LogP contribution in [-0.4, -0.2) is 103 Å². The van der Waals surface area contributed by atoms with Gasteiger partial charge in [-0.1, -0.05) is 11.1 Å². The molecule has 0 saturated carbocycles. The number of piperazine rings is 1. The fourth-order valence-corrected chi connectivity index (χ4v) is 7.06. The first-order valence-electron chi connectivity index (χ1n) is 15.2. The lowest BCUT2D eigenvalue weighted by molar-refractivity contribution is -0.147. The van der Waals surface area contributed by atoms with Crippen LogP contribution in [0.25, 0.3) is 0 Å². The number of allylic oxidation sites excluding steroid dienone is 1. The molecule has 0 aromatic heterocycles. The van der Waals surface area contributed by atoms with Gasteiger partial charge in [0, 0.05) is 50.1 Å². The van der Waals surface area contributed by atoms with Crippen LogP contribution < -0.4 is 26.2 Å². The summed E-state index contributed by atoms with van der Waals surface area (Å²) in [7, 11) is 2.18. The van der Waals surface area contributed by atoms with Gasteiger partial charge in [-0.3, -0.25) is 25.8 Å². The Balaban J connectivity index is 1.20. The molecule has 5 aliphatic rings. The van der Waals surface area contributed by atoms with Gasteiger partial charge in [0.25, 0.3) is 0 Å². The van der Waals surface area contributed by atoms with Crippen molar-refractivity contribution in [2.45, 2.75) is 83.1 Å². The van der Waals surface area contributed by atoms with Gasteiger partial charge < -0.3 is 20.2 Å². The van der Waals surface area contributed by atoms with E-state index in [-0.39, 0.29) is 36.5 Å². The molecule has 6 rings (SSSR count). The number of nitrogens with one attached hydrogen (secondary N) is 4. The topological polar surface area (TPSA) is 98.4 Å². The Morgan fingerprint density at radius 3 is 2.52 bits per heavy atom. The molecule has 5 N–H and O–H groups in total. The normalized spacial score (nSPS) is 38.0. The Morgan fingerprint density at radius 1 is 1.02 bits per heavy atom. The standard InChI is InChI=1S/C30H48N8O2/c1-20-12-13-30(3,40)25-6-5-7-26(33-25)38-27-24(28(39)37(38)19-21(20)2)18-31-29(34-27)32-22-8-10-23(11-9-22)36-16-14-35(4)15-17-36/h8-11,24-27,29,31-34,40H,5-7,12-19H2,1-4H3/b21-20-. The van der Waals surface area contributed by atoms with Crippen LogP contribution in [0.4, 0.5) is 11.4 Å². The Hall–Kier alpha value is -2.21. The maximum Gasteiger partial charge on any atom is 0.244 e. The molecular formula is C30H48N8O2. The second-order valence-corrected chi connectivity index (χ2v) is 12.9. The van der Waals surface area contributed by atoms with Crippen LogP contribution in [0.1, 0.15) is 52.9 Å². The fourth-order valence-electron chi connectivity index (χ4n) is 7.06. The molecule has 10 heteroatoms. The average Bonchev–Trinajstić information content (AvgIpc) is 3.22. The van der Waals surface area contributed by atoms with Gasteiger partial charge in [-0.2, -0.15) is 5.01 Å². The minimum absolute atomic E-state index is 0.00270. The number of rotatable bonds is 3. The lowest BCUT2D eigenvalue weighted by Crippen LogP contribution is -2.69. The van der Waals surface area contributed by atoms with Gasteiger partial charge in [-0.15, -0.1) is 0 Å². The predicted octanol–water partition coefficient (Wildman–Crippen LogP) is 1.68. The van der Waals surface area contributed by atoms with Crippen molar-refractivity contribution in [1.29, 1.82) is 0 Å². The van der Waals surface area contributed by atoms with Crippen molar-refractivity contribution in [2.24, 2.45) is 5.92 Å². The first kappa shape index (κ1) is 27.9. The van der Waals surface area contributed by atoms with Gasteiger partial charge in [0.05, 0.1) is 30.4 Å². The monoisotopic (exact) mass is 552 g/mol. The second-order valence-electron chi connectivity index (χ2n) is 12.9. The number of amides is 1. The van der Waals surface area contributed by atoms with Gasteiger partial charge in [-0.05, 0) is 84.2 Å². The number of anilines is 2. The minimum atomic E-state index is -0.791. The number of benzene rings is 1. The molecule has 0 spiro atoms. The molecule has 1 aromatic rings. The lowest BCUT2D eigenvalue weighted by atomic mass is 9.84. The third kappa shape index (κ3) is 5.49. The van der Waals surface area contributed by atoms with Crippen LogP contribution in [0.2, 0.25) is 0 Å². The smallest absolute Gasteiger partial charge is 0.244 e. The highest BCUT2D eigenvalue weighted by Gasteiger charge is 2.53. The van der Waals surface area contributed by atoms with Crippen LogP contribution in [0, 0.1) is 5.92 Å². The van der Waals surface area contributed by atoms with Crippen LogP contribution in [0.3, 0.4) is 0 Å². The van der Waals surface area contributed by atoms with E-state index in [1.807, 2.05) is 11.9 Å². The van der Waals surface area contributed by atoms with Gasteiger partial charge in [-0.25, -0.2) is 0 Å². The van der Waals surface area contributed by atoms with Gasteiger partial charge >= 0.3 is 0 Å². The molecule has 6 unspecified atom stereocenters. The lowest BCUT2D eigenvalue weighted by Gasteiger charge is -2.47. The molecule has 2 bridgehead atoms. The highest BCUT2D eigenvalue weighted by molar-refractivity contribution is 5.82. The molecule has 5 aliphatic heterocycles. The first-order chi connectivity index (χ1) is 19.2. The number of carbonyl (C=O) groups is 1. The largest absolute Gasteiger partial charge is 0.389 e. The summed E-state index contributed by atoms with van der Waals surface area (Å²) >= 11 is 0. The zero-order valence-electron chi connectivity index (χ0n) is 24.6. The summed E-state index contributed by atoms with van der Waals surface area (Å²) in [6, 6.07) is 8.69. The molecule has 4 saturated heterocycles. The molecule has 6 atom stereocenters. The quantitative estimate of drug-likeness (QED) is 0.359. The van der Waals surface area contributed by atoms with E-state index < -0.39 is 5.60 Å². The molecule has 5 heterocycles. The number of likely N-dealkylation sites (N-methyl/N-ethyl adjacent to an activating group) is 1.